The molecule has 1 rings (SSSR count). The fourth-order valence-corrected chi connectivity index (χ4v) is 1.91. The molecule has 0 aliphatic carbocycles. The van der Waals surface area contributed by atoms with Crippen LogP contribution in [0, 0.1) is 5.92 Å². The third kappa shape index (κ3) is 6.79. The fourth-order valence-electron chi connectivity index (χ4n) is 1.91. The second-order valence-electron chi connectivity index (χ2n) is 5.45. The predicted octanol–water partition coefficient (Wildman–Crippen LogP) is 1.89. The van der Waals surface area contributed by atoms with Crippen molar-refractivity contribution in [3.63, 3.8) is 0 Å². The standard InChI is InChI=1S/C16H26N4O/c1-12(2)5-4-10-19-16(18-3)20-11-13-6-8-14(9-7-13)15(17)21/h6-9,12H,4-5,10-11H2,1-3H3,(H2,17,21)(H2,18,19,20). The van der Waals surface area contributed by atoms with Crippen molar-refractivity contribution in [3.8, 4) is 0 Å². The van der Waals surface area contributed by atoms with E-state index in [0.717, 1.165) is 30.4 Å². The van der Waals surface area contributed by atoms with E-state index in [1.807, 2.05) is 12.1 Å². The summed E-state index contributed by atoms with van der Waals surface area (Å²) >= 11 is 0. The Morgan fingerprint density at radius 3 is 2.43 bits per heavy atom. The van der Waals surface area contributed by atoms with Gasteiger partial charge in [-0.05, 0) is 36.5 Å². The van der Waals surface area contributed by atoms with Crippen molar-refractivity contribution in [2.45, 2.75) is 33.2 Å². The van der Waals surface area contributed by atoms with Gasteiger partial charge in [-0.3, -0.25) is 9.79 Å². The van der Waals surface area contributed by atoms with Crippen molar-refractivity contribution in [3.05, 3.63) is 35.4 Å². The number of hydrogen-bond acceptors (Lipinski definition) is 2. The van der Waals surface area contributed by atoms with E-state index in [0.29, 0.717) is 12.1 Å². The second kappa shape index (κ2) is 9.00. The average Bonchev–Trinajstić information content (AvgIpc) is 2.46. The molecule has 0 radical (unpaired) electrons. The van der Waals surface area contributed by atoms with Gasteiger partial charge in [0.2, 0.25) is 5.91 Å². The molecule has 0 heterocycles. The molecule has 1 amide bonds. The zero-order valence-electron chi connectivity index (χ0n) is 13.1. The van der Waals surface area contributed by atoms with Gasteiger partial charge in [0.25, 0.3) is 0 Å². The molecule has 5 heteroatoms. The molecule has 0 saturated heterocycles. The minimum absolute atomic E-state index is 0.405. The van der Waals surface area contributed by atoms with E-state index < -0.39 is 5.91 Å². The van der Waals surface area contributed by atoms with E-state index in [2.05, 4.69) is 29.5 Å². The van der Waals surface area contributed by atoms with Crippen LogP contribution in [0.25, 0.3) is 0 Å². The molecular formula is C16H26N4O. The van der Waals surface area contributed by atoms with Crippen LogP contribution < -0.4 is 16.4 Å². The van der Waals surface area contributed by atoms with Crippen molar-refractivity contribution in [2.75, 3.05) is 13.6 Å². The van der Waals surface area contributed by atoms with E-state index in [1.54, 1.807) is 19.2 Å². The molecule has 0 atom stereocenters. The summed E-state index contributed by atoms with van der Waals surface area (Å²) in [5, 5.41) is 6.53. The van der Waals surface area contributed by atoms with Crippen molar-refractivity contribution in [1.82, 2.24) is 10.6 Å². The maximum Gasteiger partial charge on any atom is 0.248 e. The van der Waals surface area contributed by atoms with Crippen molar-refractivity contribution in [2.24, 2.45) is 16.6 Å². The SMILES string of the molecule is CN=C(NCCCC(C)C)NCc1ccc(C(N)=O)cc1. The number of carbonyl (C=O) groups excluding carboxylic acids is 1. The third-order valence-corrected chi connectivity index (χ3v) is 3.17. The van der Waals surface area contributed by atoms with Gasteiger partial charge in [0, 0.05) is 25.7 Å². The van der Waals surface area contributed by atoms with Gasteiger partial charge in [-0.15, -0.1) is 0 Å². The minimum Gasteiger partial charge on any atom is -0.366 e. The quantitative estimate of drug-likeness (QED) is 0.407. The number of amides is 1. The van der Waals surface area contributed by atoms with Gasteiger partial charge in [0.05, 0.1) is 0 Å². The molecule has 0 aliphatic heterocycles. The monoisotopic (exact) mass is 290 g/mol. The molecule has 0 bridgehead atoms. The summed E-state index contributed by atoms with van der Waals surface area (Å²) in [6.07, 6.45) is 2.34. The van der Waals surface area contributed by atoms with Crippen LogP contribution in [-0.4, -0.2) is 25.5 Å². The van der Waals surface area contributed by atoms with Crippen LogP contribution >= 0.6 is 0 Å². The van der Waals surface area contributed by atoms with E-state index >= 15 is 0 Å². The smallest absolute Gasteiger partial charge is 0.248 e. The average molecular weight is 290 g/mol. The number of aliphatic imine (C=N–C) groups is 1. The molecule has 0 spiro atoms. The molecule has 4 N–H and O–H groups in total. The van der Waals surface area contributed by atoms with Crippen molar-refractivity contribution in [1.29, 1.82) is 0 Å². The van der Waals surface area contributed by atoms with Gasteiger partial charge < -0.3 is 16.4 Å². The topological polar surface area (TPSA) is 79.5 Å². The molecule has 116 valence electrons. The molecule has 21 heavy (non-hydrogen) atoms. The number of hydrogen-bond donors (Lipinski definition) is 3. The van der Waals surface area contributed by atoms with Gasteiger partial charge >= 0.3 is 0 Å². The van der Waals surface area contributed by atoms with Gasteiger partial charge in [0.15, 0.2) is 5.96 Å². The number of carbonyl (C=O) groups is 1. The Morgan fingerprint density at radius 2 is 1.90 bits per heavy atom. The second-order valence-corrected chi connectivity index (χ2v) is 5.45. The van der Waals surface area contributed by atoms with Crippen LogP contribution in [0.2, 0.25) is 0 Å². The van der Waals surface area contributed by atoms with E-state index in [-0.39, 0.29) is 0 Å². The van der Waals surface area contributed by atoms with Crippen LogP contribution in [-0.2, 0) is 6.54 Å². The van der Waals surface area contributed by atoms with Crippen LogP contribution in [0.3, 0.4) is 0 Å². The van der Waals surface area contributed by atoms with Crippen molar-refractivity contribution < 1.29 is 4.79 Å². The lowest BCUT2D eigenvalue weighted by atomic mass is 10.1. The van der Waals surface area contributed by atoms with Crippen LogP contribution in [0.4, 0.5) is 0 Å². The van der Waals surface area contributed by atoms with Crippen LogP contribution in [0.5, 0.6) is 0 Å². The van der Waals surface area contributed by atoms with Gasteiger partial charge in [0.1, 0.15) is 0 Å². The maximum absolute atomic E-state index is 11.0. The molecule has 0 unspecified atom stereocenters. The number of guanidine groups is 1. The molecule has 0 fully saturated rings. The Kier molecular flexibility index (Phi) is 7.29. The zero-order valence-corrected chi connectivity index (χ0v) is 13.1. The fraction of sp³-hybridized carbons (Fsp3) is 0.500. The molecule has 5 nitrogen and oxygen atoms in total. The normalized spacial score (nSPS) is 11.5. The Hall–Kier alpha value is -2.04. The highest BCUT2D eigenvalue weighted by molar-refractivity contribution is 5.92. The number of nitrogens with one attached hydrogen (secondary N) is 2. The number of nitrogens with zero attached hydrogens (tertiary/aromatic N) is 1. The molecule has 0 aliphatic rings. The number of benzene rings is 1. The summed E-state index contributed by atoms with van der Waals surface area (Å²) < 4.78 is 0. The molecular weight excluding hydrogens is 264 g/mol. The largest absolute Gasteiger partial charge is 0.366 e. The van der Waals surface area contributed by atoms with E-state index in [4.69, 9.17) is 5.73 Å². The van der Waals surface area contributed by atoms with Gasteiger partial charge in [-0.1, -0.05) is 26.0 Å². The summed E-state index contributed by atoms with van der Waals surface area (Å²) in [6.45, 7) is 6.02. The molecule has 0 aromatic heterocycles. The Morgan fingerprint density at radius 1 is 1.24 bits per heavy atom. The lowest BCUT2D eigenvalue weighted by Gasteiger charge is -2.12. The Bertz CT molecular complexity index is 466. The minimum atomic E-state index is -0.405. The highest BCUT2D eigenvalue weighted by Gasteiger charge is 2.01. The summed E-state index contributed by atoms with van der Waals surface area (Å²) in [4.78, 5) is 15.2. The maximum atomic E-state index is 11.0. The van der Waals surface area contributed by atoms with Crippen LogP contribution in [0.15, 0.2) is 29.3 Å². The zero-order chi connectivity index (χ0) is 15.7. The Balaban J connectivity index is 2.36. The van der Waals surface area contributed by atoms with Gasteiger partial charge in [-0.2, -0.15) is 0 Å². The third-order valence-electron chi connectivity index (χ3n) is 3.17. The first kappa shape index (κ1) is 17.0. The predicted molar refractivity (Wildman–Crippen MR) is 87.2 cm³/mol. The first-order chi connectivity index (χ1) is 10.0. The number of primary amides is 1. The summed E-state index contributed by atoms with van der Waals surface area (Å²) in [5.74, 6) is 1.11. The summed E-state index contributed by atoms with van der Waals surface area (Å²) in [6, 6.07) is 7.24. The van der Waals surface area contributed by atoms with Crippen LogP contribution in [0.1, 0.15) is 42.6 Å². The molecule has 1 aromatic carbocycles. The lowest BCUT2D eigenvalue weighted by Crippen LogP contribution is -2.37. The van der Waals surface area contributed by atoms with Crippen molar-refractivity contribution >= 4 is 11.9 Å². The molecule has 0 saturated carbocycles. The van der Waals surface area contributed by atoms with E-state index in [9.17, 15) is 4.79 Å². The summed E-state index contributed by atoms with van der Waals surface area (Å²) in [5.41, 5.74) is 6.81. The lowest BCUT2D eigenvalue weighted by molar-refractivity contribution is 0.100. The first-order valence-corrected chi connectivity index (χ1v) is 7.36. The number of rotatable bonds is 7. The first-order valence-electron chi connectivity index (χ1n) is 7.36. The highest BCUT2D eigenvalue weighted by Crippen LogP contribution is 2.04. The molecule has 1 aromatic rings. The summed E-state index contributed by atoms with van der Waals surface area (Å²) in [7, 11) is 1.76. The van der Waals surface area contributed by atoms with Gasteiger partial charge in [-0.25, -0.2) is 0 Å². The highest BCUT2D eigenvalue weighted by atomic mass is 16.1. The van der Waals surface area contributed by atoms with E-state index in [1.165, 1.54) is 6.42 Å². The number of nitrogens with two attached hydrogens (primary N) is 1. The Labute approximate surface area is 127 Å².